The Balaban J connectivity index is 1.86. The lowest BCUT2D eigenvalue weighted by molar-refractivity contribution is -0.142. The Morgan fingerprint density at radius 2 is 1.57 bits per heavy atom. The molecule has 14 nitrogen and oxygen atoms in total. The number of aromatic nitrogens is 3. The van der Waals surface area contributed by atoms with Crippen LogP contribution >= 0.6 is 0 Å². The number of benzene rings is 1. The van der Waals surface area contributed by atoms with Crippen LogP contribution in [0.4, 0.5) is 0 Å². The van der Waals surface area contributed by atoms with E-state index in [0.717, 1.165) is 16.5 Å². The van der Waals surface area contributed by atoms with Crippen LogP contribution in [0, 0.1) is 5.92 Å². The molecule has 0 saturated heterocycles. The van der Waals surface area contributed by atoms with Crippen molar-refractivity contribution in [2.24, 2.45) is 17.4 Å². The number of hydrogen-bond donors (Lipinski definition) is 8. The second kappa shape index (κ2) is 14.8. The first kappa shape index (κ1) is 31.8. The van der Waals surface area contributed by atoms with Crippen LogP contribution in [0.3, 0.4) is 0 Å². The standard InChI is InChI=1S/C28H38N8O6/c1-15(2)9-19(29)25(38)35-22(10-16-12-32-20-6-4-3-5-18(16)20)26(39)36-23(11-17-13-31-14-33-17)27(40)34-21(28(41)42)7-8-24(30)37/h3-6,12-15,19,21-23,32H,7-11,29H2,1-2H3,(H2,30,37)(H,31,33)(H,34,40)(H,35,38)(H,36,39)(H,41,42). The molecule has 2 aromatic heterocycles. The van der Waals surface area contributed by atoms with Crippen molar-refractivity contribution in [3.63, 3.8) is 0 Å². The third-order valence-corrected chi connectivity index (χ3v) is 6.70. The molecule has 2 heterocycles. The molecule has 4 unspecified atom stereocenters. The molecule has 4 amide bonds. The molecule has 1 aromatic carbocycles. The average Bonchev–Trinajstić information content (AvgIpc) is 3.59. The summed E-state index contributed by atoms with van der Waals surface area (Å²) in [7, 11) is 0. The van der Waals surface area contributed by atoms with Crippen LogP contribution in [0.5, 0.6) is 0 Å². The fraction of sp³-hybridized carbons (Fsp3) is 0.429. The van der Waals surface area contributed by atoms with Crippen molar-refractivity contribution in [2.75, 3.05) is 0 Å². The molecular formula is C28H38N8O6. The van der Waals surface area contributed by atoms with Crippen molar-refractivity contribution in [1.82, 2.24) is 30.9 Å². The first-order valence-corrected chi connectivity index (χ1v) is 13.6. The summed E-state index contributed by atoms with van der Waals surface area (Å²) in [5, 5.41) is 18.2. The smallest absolute Gasteiger partial charge is 0.326 e. The van der Waals surface area contributed by atoms with Gasteiger partial charge in [0, 0.05) is 48.3 Å². The first-order chi connectivity index (χ1) is 19.9. The molecule has 226 valence electrons. The lowest BCUT2D eigenvalue weighted by Gasteiger charge is -2.25. The number of carbonyl (C=O) groups is 5. The lowest BCUT2D eigenvalue weighted by Crippen LogP contribution is -2.58. The predicted molar refractivity (Wildman–Crippen MR) is 154 cm³/mol. The second-order valence-corrected chi connectivity index (χ2v) is 10.6. The number of H-pyrrole nitrogens is 2. The van der Waals surface area contributed by atoms with Crippen molar-refractivity contribution in [1.29, 1.82) is 0 Å². The molecule has 3 aromatic rings. The van der Waals surface area contributed by atoms with Crippen molar-refractivity contribution in [3.05, 3.63) is 54.2 Å². The number of hydrogen-bond acceptors (Lipinski definition) is 7. The molecule has 0 aliphatic carbocycles. The number of fused-ring (bicyclic) bond motifs is 1. The fourth-order valence-electron chi connectivity index (χ4n) is 4.54. The Hall–Kier alpha value is -4.72. The SMILES string of the molecule is CC(C)CC(N)C(=O)NC(Cc1c[nH]c2ccccc12)C(=O)NC(Cc1cnc[nH]1)C(=O)NC(CCC(N)=O)C(=O)O. The van der Waals surface area contributed by atoms with E-state index in [9.17, 15) is 29.1 Å². The minimum absolute atomic E-state index is 0.0552. The van der Waals surface area contributed by atoms with Gasteiger partial charge in [0.25, 0.3) is 0 Å². The molecule has 0 spiro atoms. The summed E-state index contributed by atoms with van der Waals surface area (Å²) in [6.45, 7) is 3.85. The van der Waals surface area contributed by atoms with Gasteiger partial charge in [0.1, 0.15) is 18.1 Å². The summed E-state index contributed by atoms with van der Waals surface area (Å²) in [5.74, 6) is -3.93. The highest BCUT2D eigenvalue weighted by atomic mass is 16.4. The van der Waals surface area contributed by atoms with Crippen LogP contribution in [-0.2, 0) is 36.8 Å². The van der Waals surface area contributed by atoms with E-state index in [2.05, 4.69) is 30.9 Å². The van der Waals surface area contributed by atoms with Crippen LogP contribution in [0.2, 0.25) is 0 Å². The van der Waals surface area contributed by atoms with Crippen molar-refractivity contribution >= 4 is 40.5 Å². The molecule has 0 aliphatic rings. The summed E-state index contributed by atoms with van der Waals surface area (Å²) in [5.41, 5.74) is 13.3. The van der Waals surface area contributed by atoms with Gasteiger partial charge in [0.05, 0.1) is 12.4 Å². The number of primary amides is 1. The van der Waals surface area contributed by atoms with Gasteiger partial charge in [-0.25, -0.2) is 9.78 Å². The highest BCUT2D eigenvalue weighted by molar-refractivity contribution is 5.95. The van der Waals surface area contributed by atoms with Gasteiger partial charge >= 0.3 is 5.97 Å². The molecule has 0 saturated carbocycles. The Kier molecular flexibility index (Phi) is 11.2. The number of amides is 4. The van der Waals surface area contributed by atoms with Gasteiger partial charge in [-0.3, -0.25) is 19.2 Å². The average molecular weight is 583 g/mol. The van der Waals surface area contributed by atoms with Crippen LogP contribution in [0.1, 0.15) is 44.4 Å². The van der Waals surface area contributed by atoms with Gasteiger partial charge in [0.15, 0.2) is 0 Å². The minimum atomic E-state index is -1.41. The van der Waals surface area contributed by atoms with E-state index < -0.39 is 53.8 Å². The second-order valence-electron chi connectivity index (χ2n) is 10.6. The Morgan fingerprint density at radius 1 is 0.929 bits per heavy atom. The zero-order valence-electron chi connectivity index (χ0n) is 23.6. The number of carboxylic acid groups (broad SMARTS) is 1. The maximum Gasteiger partial charge on any atom is 0.326 e. The van der Waals surface area contributed by atoms with Gasteiger partial charge in [-0.1, -0.05) is 32.0 Å². The van der Waals surface area contributed by atoms with Crippen LogP contribution in [0.15, 0.2) is 43.0 Å². The molecule has 0 bridgehead atoms. The number of nitrogens with two attached hydrogens (primary N) is 2. The third kappa shape index (κ3) is 9.16. The van der Waals surface area contributed by atoms with Gasteiger partial charge in [-0.15, -0.1) is 0 Å². The summed E-state index contributed by atoms with van der Waals surface area (Å²) in [6.07, 6.45) is 4.55. The largest absolute Gasteiger partial charge is 0.480 e. The van der Waals surface area contributed by atoms with Gasteiger partial charge in [0.2, 0.25) is 23.6 Å². The number of nitrogens with one attached hydrogen (secondary N) is 5. The first-order valence-electron chi connectivity index (χ1n) is 13.6. The number of imidazole rings is 1. The highest BCUT2D eigenvalue weighted by Gasteiger charge is 2.31. The van der Waals surface area contributed by atoms with Gasteiger partial charge in [-0.2, -0.15) is 0 Å². The lowest BCUT2D eigenvalue weighted by atomic mass is 10.0. The molecule has 42 heavy (non-hydrogen) atoms. The summed E-state index contributed by atoms with van der Waals surface area (Å²) < 4.78 is 0. The van der Waals surface area contributed by atoms with Gasteiger partial charge < -0.3 is 42.5 Å². The summed E-state index contributed by atoms with van der Waals surface area (Å²) >= 11 is 0. The number of aliphatic carboxylic acids is 1. The Morgan fingerprint density at radius 3 is 2.19 bits per heavy atom. The summed E-state index contributed by atoms with van der Waals surface area (Å²) in [6, 6.07) is 2.86. The molecule has 0 radical (unpaired) electrons. The van der Waals surface area contributed by atoms with E-state index >= 15 is 0 Å². The fourth-order valence-corrected chi connectivity index (χ4v) is 4.54. The molecule has 14 heteroatoms. The van der Waals surface area contributed by atoms with E-state index in [1.165, 1.54) is 12.5 Å². The highest BCUT2D eigenvalue weighted by Crippen LogP contribution is 2.19. The normalized spacial score (nSPS) is 14.1. The maximum absolute atomic E-state index is 13.7. The number of carbonyl (C=O) groups excluding carboxylic acids is 4. The zero-order valence-corrected chi connectivity index (χ0v) is 23.6. The van der Waals surface area contributed by atoms with Crippen molar-refractivity contribution in [2.45, 2.75) is 70.1 Å². The predicted octanol–water partition coefficient (Wildman–Crippen LogP) is -0.146. The quantitative estimate of drug-likeness (QED) is 0.113. The van der Waals surface area contributed by atoms with Gasteiger partial charge in [-0.05, 0) is 30.4 Å². The number of rotatable bonds is 16. The number of aromatic amines is 2. The van der Waals surface area contributed by atoms with E-state index in [0.29, 0.717) is 12.1 Å². The minimum Gasteiger partial charge on any atom is -0.480 e. The summed E-state index contributed by atoms with van der Waals surface area (Å²) in [4.78, 5) is 72.8. The molecule has 0 aliphatic heterocycles. The van der Waals surface area contributed by atoms with Crippen molar-refractivity contribution < 1.29 is 29.1 Å². The number of nitrogens with zero attached hydrogens (tertiary/aromatic N) is 1. The monoisotopic (exact) mass is 582 g/mol. The van der Waals surface area contributed by atoms with E-state index in [-0.39, 0.29) is 31.6 Å². The van der Waals surface area contributed by atoms with Crippen LogP contribution in [0.25, 0.3) is 10.9 Å². The van der Waals surface area contributed by atoms with E-state index in [1.54, 1.807) is 6.20 Å². The zero-order chi connectivity index (χ0) is 30.8. The third-order valence-electron chi connectivity index (χ3n) is 6.70. The van der Waals surface area contributed by atoms with E-state index in [4.69, 9.17) is 11.5 Å². The number of carboxylic acids is 1. The topological polar surface area (TPSA) is 238 Å². The Labute approximate surface area is 242 Å². The number of para-hydroxylation sites is 1. The van der Waals surface area contributed by atoms with Crippen LogP contribution < -0.4 is 27.4 Å². The molecule has 3 rings (SSSR count). The van der Waals surface area contributed by atoms with Crippen molar-refractivity contribution in [3.8, 4) is 0 Å². The maximum atomic E-state index is 13.7. The molecule has 0 fully saturated rings. The Bertz CT molecular complexity index is 1390. The molecule has 4 atom stereocenters. The molecule has 10 N–H and O–H groups in total. The molecular weight excluding hydrogens is 544 g/mol. The van der Waals surface area contributed by atoms with E-state index in [1.807, 2.05) is 38.1 Å². The van der Waals surface area contributed by atoms with Crippen LogP contribution in [-0.4, -0.2) is 73.8 Å².